The average molecular weight is 420 g/mol. The van der Waals surface area contributed by atoms with Crippen LogP contribution in [0, 0.1) is 13.8 Å². The quantitative estimate of drug-likeness (QED) is 0.373. The summed E-state index contributed by atoms with van der Waals surface area (Å²) in [5, 5.41) is 3.02. The third kappa shape index (κ3) is 4.52. The van der Waals surface area contributed by atoms with Crippen molar-refractivity contribution in [1.29, 1.82) is 0 Å². The first-order valence-corrected chi connectivity index (χ1v) is 10.7. The molecule has 0 aromatic heterocycles. The zero-order valence-corrected chi connectivity index (χ0v) is 18.2. The maximum absolute atomic E-state index is 13.4. The molecule has 1 N–H and O–H groups in total. The molecule has 0 radical (unpaired) electrons. The minimum absolute atomic E-state index is 0.0510. The topological polar surface area (TPSA) is 46.2 Å². The summed E-state index contributed by atoms with van der Waals surface area (Å²) in [7, 11) is 0. The van der Waals surface area contributed by atoms with Crippen LogP contribution in [0.1, 0.15) is 44.1 Å². The Morgan fingerprint density at radius 2 is 1.28 bits per heavy atom. The Labute approximate surface area is 188 Å². The van der Waals surface area contributed by atoms with Crippen LogP contribution in [0.4, 0.5) is 5.69 Å². The summed E-state index contributed by atoms with van der Waals surface area (Å²) < 4.78 is 0. The van der Waals surface area contributed by atoms with E-state index in [2.05, 4.69) is 5.32 Å². The zero-order chi connectivity index (χ0) is 22.5. The van der Waals surface area contributed by atoms with E-state index in [4.69, 9.17) is 0 Å². The first-order chi connectivity index (χ1) is 15.5. The smallest absolute Gasteiger partial charge is 0.236 e. The van der Waals surface area contributed by atoms with E-state index >= 15 is 0 Å². The lowest BCUT2D eigenvalue weighted by Gasteiger charge is -2.18. The van der Waals surface area contributed by atoms with E-state index < -0.39 is 5.92 Å². The molecule has 0 atom stereocenters. The largest absolute Gasteiger partial charge is 0.325 e. The van der Waals surface area contributed by atoms with Crippen LogP contribution in [0.15, 0.2) is 103 Å². The van der Waals surface area contributed by atoms with Crippen molar-refractivity contribution in [3.63, 3.8) is 0 Å². The number of ketones is 1. The maximum Gasteiger partial charge on any atom is 0.236 e. The minimum atomic E-state index is -0.448. The highest BCUT2D eigenvalue weighted by Gasteiger charge is 2.23. The molecule has 3 heteroatoms. The van der Waals surface area contributed by atoms with E-state index in [0.717, 1.165) is 22.3 Å². The van der Waals surface area contributed by atoms with Gasteiger partial charge in [0, 0.05) is 16.8 Å². The lowest BCUT2D eigenvalue weighted by molar-refractivity contribution is -0.116. The number of hydrogen-bond acceptors (Lipinski definition) is 2. The molecule has 4 aromatic carbocycles. The summed E-state index contributed by atoms with van der Waals surface area (Å²) in [5.41, 5.74) is 5.71. The van der Waals surface area contributed by atoms with Gasteiger partial charge in [-0.2, -0.15) is 0 Å². The molecule has 0 saturated carbocycles. The molecule has 0 fully saturated rings. The van der Waals surface area contributed by atoms with Crippen LogP contribution >= 0.6 is 0 Å². The van der Waals surface area contributed by atoms with Gasteiger partial charge in [0.15, 0.2) is 5.78 Å². The molecule has 0 saturated heterocycles. The van der Waals surface area contributed by atoms with Gasteiger partial charge in [-0.25, -0.2) is 0 Å². The third-order valence-electron chi connectivity index (χ3n) is 5.77. The first-order valence-electron chi connectivity index (χ1n) is 10.7. The fraction of sp³-hybridized carbons (Fsp3) is 0.103. The summed E-state index contributed by atoms with van der Waals surface area (Å²) in [6.07, 6.45) is 0. The van der Waals surface area contributed by atoms with Crippen molar-refractivity contribution in [2.75, 3.05) is 5.32 Å². The first kappa shape index (κ1) is 21.3. The summed E-state index contributed by atoms with van der Waals surface area (Å²) in [6, 6.07) is 32.3. The molecule has 0 aliphatic heterocycles. The molecule has 0 unspecified atom stereocenters. The second-order valence-electron chi connectivity index (χ2n) is 7.90. The lowest BCUT2D eigenvalue weighted by Crippen LogP contribution is -2.22. The number of carbonyl (C=O) groups is 2. The summed E-state index contributed by atoms with van der Waals surface area (Å²) in [6.45, 7) is 3.95. The molecule has 0 aliphatic carbocycles. The molecule has 1 amide bonds. The van der Waals surface area contributed by atoms with Crippen LogP contribution < -0.4 is 5.32 Å². The van der Waals surface area contributed by atoms with E-state index in [0.29, 0.717) is 16.8 Å². The molecule has 3 nitrogen and oxygen atoms in total. The van der Waals surface area contributed by atoms with Crippen molar-refractivity contribution in [2.45, 2.75) is 19.8 Å². The molecule has 0 spiro atoms. The fourth-order valence-electron chi connectivity index (χ4n) is 3.89. The number of hydrogen-bond donors (Lipinski definition) is 1. The molecule has 0 heterocycles. The Morgan fingerprint density at radius 3 is 1.91 bits per heavy atom. The van der Waals surface area contributed by atoms with Gasteiger partial charge in [0.05, 0.1) is 5.92 Å². The van der Waals surface area contributed by atoms with Crippen LogP contribution in [-0.2, 0) is 4.79 Å². The van der Waals surface area contributed by atoms with E-state index in [9.17, 15) is 9.59 Å². The molecule has 0 bridgehead atoms. The summed E-state index contributed by atoms with van der Waals surface area (Å²) in [4.78, 5) is 26.5. The van der Waals surface area contributed by atoms with Crippen molar-refractivity contribution in [1.82, 2.24) is 0 Å². The molecular weight excluding hydrogens is 394 g/mol. The number of nitrogens with one attached hydrogen (secondary N) is 1. The van der Waals surface area contributed by atoms with Gasteiger partial charge in [0.25, 0.3) is 0 Å². The number of benzene rings is 4. The Morgan fingerprint density at radius 1 is 0.688 bits per heavy atom. The Hall–Kier alpha value is -3.98. The third-order valence-corrected chi connectivity index (χ3v) is 5.77. The standard InChI is InChI=1S/C29H25NO2/c1-20-11-9-18-26(21(20)2)28(31)24-16-10-17-25(19-24)30-29(32)27(22-12-5-3-6-13-22)23-14-7-4-8-15-23/h3-19,27H,1-2H3,(H,30,32). The number of carbonyl (C=O) groups excluding carboxylic acids is 2. The van der Waals surface area contributed by atoms with Gasteiger partial charge in [0.1, 0.15) is 0 Å². The monoisotopic (exact) mass is 419 g/mol. The predicted octanol–water partition coefficient (Wildman–Crippen LogP) is 6.31. The normalized spacial score (nSPS) is 10.7. The van der Waals surface area contributed by atoms with Crippen LogP contribution in [0.5, 0.6) is 0 Å². The van der Waals surface area contributed by atoms with E-state index in [1.807, 2.05) is 98.8 Å². The fourth-order valence-corrected chi connectivity index (χ4v) is 3.89. The number of anilines is 1. The molecule has 4 aromatic rings. The SMILES string of the molecule is Cc1cccc(C(=O)c2cccc(NC(=O)C(c3ccccc3)c3ccccc3)c2)c1C. The highest BCUT2D eigenvalue weighted by molar-refractivity contribution is 6.11. The highest BCUT2D eigenvalue weighted by Crippen LogP contribution is 2.27. The maximum atomic E-state index is 13.4. The Kier molecular flexibility index (Phi) is 6.27. The highest BCUT2D eigenvalue weighted by atomic mass is 16.2. The van der Waals surface area contributed by atoms with Gasteiger partial charge in [-0.05, 0) is 48.2 Å². The van der Waals surface area contributed by atoms with Crippen LogP contribution in [-0.4, -0.2) is 11.7 Å². The van der Waals surface area contributed by atoms with E-state index in [1.54, 1.807) is 18.2 Å². The van der Waals surface area contributed by atoms with Gasteiger partial charge < -0.3 is 5.32 Å². The second-order valence-corrected chi connectivity index (χ2v) is 7.90. The minimum Gasteiger partial charge on any atom is -0.325 e. The van der Waals surface area contributed by atoms with Gasteiger partial charge in [0.2, 0.25) is 5.91 Å². The lowest BCUT2D eigenvalue weighted by atomic mass is 9.90. The Balaban J connectivity index is 1.63. The van der Waals surface area contributed by atoms with Crippen molar-refractivity contribution in [3.8, 4) is 0 Å². The van der Waals surface area contributed by atoms with Gasteiger partial charge >= 0.3 is 0 Å². The van der Waals surface area contributed by atoms with Gasteiger partial charge in [-0.1, -0.05) is 91.0 Å². The molecule has 158 valence electrons. The van der Waals surface area contributed by atoms with E-state index in [1.165, 1.54) is 0 Å². The molecular formula is C29H25NO2. The van der Waals surface area contributed by atoms with Crippen LogP contribution in [0.25, 0.3) is 0 Å². The number of amides is 1. The number of rotatable bonds is 6. The van der Waals surface area contributed by atoms with Crippen molar-refractivity contribution in [3.05, 3.63) is 137 Å². The predicted molar refractivity (Wildman–Crippen MR) is 129 cm³/mol. The Bertz CT molecular complexity index is 1210. The molecule has 4 rings (SSSR count). The van der Waals surface area contributed by atoms with Gasteiger partial charge in [-0.3, -0.25) is 9.59 Å². The van der Waals surface area contributed by atoms with Crippen molar-refractivity contribution >= 4 is 17.4 Å². The van der Waals surface area contributed by atoms with E-state index in [-0.39, 0.29) is 11.7 Å². The average Bonchev–Trinajstić information content (AvgIpc) is 2.82. The molecule has 0 aliphatic rings. The van der Waals surface area contributed by atoms with Crippen LogP contribution in [0.3, 0.4) is 0 Å². The summed E-state index contributed by atoms with van der Waals surface area (Å²) in [5.74, 6) is -0.639. The molecule has 32 heavy (non-hydrogen) atoms. The van der Waals surface area contributed by atoms with Crippen molar-refractivity contribution < 1.29 is 9.59 Å². The second kappa shape index (κ2) is 9.44. The van der Waals surface area contributed by atoms with Crippen molar-refractivity contribution in [2.24, 2.45) is 0 Å². The number of aryl methyl sites for hydroxylation is 1. The van der Waals surface area contributed by atoms with Crippen LogP contribution in [0.2, 0.25) is 0 Å². The summed E-state index contributed by atoms with van der Waals surface area (Å²) >= 11 is 0. The van der Waals surface area contributed by atoms with Gasteiger partial charge in [-0.15, -0.1) is 0 Å². The zero-order valence-electron chi connectivity index (χ0n) is 18.2.